The minimum Gasteiger partial charge on any atom is -0.322 e. The molecule has 0 aliphatic carbocycles. The first kappa shape index (κ1) is 16.7. The molecule has 2 aromatic heterocycles. The number of piperazine rings is 1. The Morgan fingerprint density at radius 3 is 2.62 bits per heavy atom. The molecule has 0 spiro atoms. The van der Waals surface area contributed by atoms with Gasteiger partial charge in [0.05, 0.1) is 11.9 Å². The third kappa shape index (κ3) is 4.21. The number of urea groups is 1. The van der Waals surface area contributed by atoms with Crippen LogP contribution < -0.4 is 5.32 Å². The molecule has 1 aliphatic heterocycles. The summed E-state index contributed by atoms with van der Waals surface area (Å²) < 4.78 is 0. The second-order valence-electron chi connectivity index (χ2n) is 5.88. The molecule has 0 atom stereocenters. The number of aromatic nitrogens is 2. The van der Waals surface area contributed by atoms with Crippen LogP contribution in [-0.2, 0) is 6.54 Å². The van der Waals surface area contributed by atoms with E-state index in [1.54, 1.807) is 18.6 Å². The summed E-state index contributed by atoms with van der Waals surface area (Å²) in [6, 6.07) is 5.78. The number of anilines is 1. The molecule has 0 aromatic carbocycles. The van der Waals surface area contributed by atoms with Crippen molar-refractivity contribution >= 4 is 23.3 Å². The van der Waals surface area contributed by atoms with Gasteiger partial charge >= 0.3 is 6.03 Å². The molecular formula is C17H20ClN5O. The summed E-state index contributed by atoms with van der Waals surface area (Å²) in [5.74, 6) is 0. The number of aryl methyl sites for hydroxylation is 1. The zero-order valence-electron chi connectivity index (χ0n) is 13.6. The maximum Gasteiger partial charge on any atom is 0.321 e. The monoisotopic (exact) mass is 345 g/mol. The van der Waals surface area contributed by atoms with E-state index in [1.165, 1.54) is 5.56 Å². The molecule has 2 amide bonds. The van der Waals surface area contributed by atoms with Gasteiger partial charge in [-0.05, 0) is 36.2 Å². The van der Waals surface area contributed by atoms with Gasteiger partial charge in [0.25, 0.3) is 0 Å². The van der Waals surface area contributed by atoms with E-state index in [9.17, 15) is 4.79 Å². The van der Waals surface area contributed by atoms with Crippen LogP contribution in [0.25, 0.3) is 0 Å². The van der Waals surface area contributed by atoms with E-state index in [-0.39, 0.29) is 6.03 Å². The largest absolute Gasteiger partial charge is 0.322 e. The van der Waals surface area contributed by atoms with Crippen molar-refractivity contribution in [1.29, 1.82) is 0 Å². The molecule has 1 aliphatic rings. The van der Waals surface area contributed by atoms with Gasteiger partial charge in [0, 0.05) is 45.1 Å². The van der Waals surface area contributed by atoms with Crippen molar-refractivity contribution in [2.45, 2.75) is 13.5 Å². The Morgan fingerprint density at radius 2 is 1.96 bits per heavy atom. The molecule has 1 fully saturated rings. The van der Waals surface area contributed by atoms with E-state index in [0.717, 1.165) is 25.2 Å². The van der Waals surface area contributed by atoms with E-state index in [0.29, 0.717) is 23.9 Å². The van der Waals surface area contributed by atoms with Crippen LogP contribution in [0.5, 0.6) is 0 Å². The number of hydrogen-bond acceptors (Lipinski definition) is 4. The number of rotatable bonds is 3. The Bertz CT molecular complexity index is 701. The van der Waals surface area contributed by atoms with Crippen molar-refractivity contribution in [3.8, 4) is 0 Å². The SMILES string of the molecule is Cc1cc(NC(=O)N2CCN(Cc3ccncc3)CC2)cnc1Cl. The van der Waals surface area contributed by atoms with Crippen LogP contribution in [0, 0.1) is 6.92 Å². The third-order valence-corrected chi connectivity index (χ3v) is 4.48. The highest BCUT2D eigenvalue weighted by Gasteiger charge is 2.21. The Labute approximate surface area is 146 Å². The highest BCUT2D eigenvalue weighted by Crippen LogP contribution is 2.17. The van der Waals surface area contributed by atoms with E-state index in [4.69, 9.17) is 11.6 Å². The smallest absolute Gasteiger partial charge is 0.321 e. The lowest BCUT2D eigenvalue weighted by atomic mass is 10.2. The second-order valence-corrected chi connectivity index (χ2v) is 6.24. The van der Waals surface area contributed by atoms with Gasteiger partial charge in [0.15, 0.2) is 0 Å². The van der Waals surface area contributed by atoms with Crippen LogP contribution in [-0.4, -0.2) is 52.0 Å². The molecule has 24 heavy (non-hydrogen) atoms. The average molecular weight is 346 g/mol. The van der Waals surface area contributed by atoms with E-state index >= 15 is 0 Å². The van der Waals surface area contributed by atoms with Crippen LogP contribution in [0.15, 0.2) is 36.8 Å². The summed E-state index contributed by atoms with van der Waals surface area (Å²) in [4.78, 5) is 24.6. The zero-order valence-corrected chi connectivity index (χ0v) is 14.3. The number of amides is 2. The lowest BCUT2D eigenvalue weighted by Gasteiger charge is -2.34. The molecule has 2 aromatic rings. The molecule has 0 unspecified atom stereocenters. The van der Waals surface area contributed by atoms with Crippen molar-refractivity contribution in [3.63, 3.8) is 0 Å². The normalized spacial score (nSPS) is 15.3. The van der Waals surface area contributed by atoms with Crippen molar-refractivity contribution in [2.75, 3.05) is 31.5 Å². The van der Waals surface area contributed by atoms with Crippen LogP contribution in [0.1, 0.15) is 11.1 Å². The molecule has 1 saturated heterocycles. The number of hydrogen-bond donors (Lipinski definition) is 1. The van der Waals surface area contributed by atoms with Gasteiger partial charge in [-0.1, -0.05) is 11.6 Å². The number of carbonyl (C=O) groups is 1. The molecule has 126 valence electrons. The Morgan fingerprint density at radius 1 is 1.25 bits per heavy atom. The van der Waals surface area contributed by atoms with Crippen molar-refractivity contribution in [1.82, 2.24) is 19.8 Å². The second kappa shape index (κ2) is 7.59. The summed E-state index contributed by atoms with van der Waals surface area (Å²) in [7, 11) is 0. The highest BCUT2D eigenvalue weighted by molar-refractivity contribution is 6.30. The molecule has 0 saturated carbocycles. The first-order valence-electron chi connectivity index (χ1n) is 7.91. The Hall–Kier alpha value is -2.18. The Kier molecular flexibility index (Phi) is 5.27. The Balaban J connectivity index is 1.50. The molecular weight excluding hydrogens is 326 g/mol. The highest BCUT2D eigenvalue weighted by atomic mass is 35.5. The average Bonchev–Trinajstić information content (AvgIpc) is 2.60. The van der Waals surface area contributed by atoms with Gasteiger partial charge in [0.2, 0.25) is 0 Å². The number of halogens is 1. The quantitative estimate of drug-likeness (QED) is 0.869. The van der Waals surface area contributed by atoms with Gasteiger partial charge in [-0.3, -0.25) is 9.88 Å². The predicted octanol–water partition coefficient (Wildman–Crippen LogP) is 2.79. The van der Waals surface area contributed by atoms with Gasteiger partial charge in [-0.15, -0.1) is 0 Å². The van der Waals surface area contributed by atoms with Crippen LogP contribution in [0.3, 0.4) is 0 Å². The topological polar surface area (TPSA) is 61.4 Å². The molecule has 3 rings (SSSR count). The summed E-state index contributed by atoms with van der Waals surface area (Å²) >= 11 is 5.90. The first-order chi connectivity index (χ1) is 11.6. The fourth-order valence-corrected chi connectivity index (χ4v) is 2.79. The molecule has 0 bridgehead atoms. The molecule has 7 heteroatoms. The van der Waals surface area contributed by atoms with Gasteiger partial charge in [-0.25, -0.2) is 9.78 Å². The summed E-state index contributed by atoms with van der Waals surface area (Å²) in [6.45, 7) is 5.87. The molecule has 3 heterocycles. The number of pyridine rings is 2. The molecule has 1 N–H and O–H groups in total. The third-order valence-electron chi connectivity index (χ3n) is 4.08. The lowest BCUT2D eigenvalue weighted by Crippen LogP contribution is -2.49. The fourth-order valence-electron chi connectivity index (χ4n) is 2.68. The molecule has 6 nitrogen and oxygen atoms in total. The summed E-state index contributed by atoms with van der Waals surface area (Å²) in [5.41, 5.74) is 2.75. The molecule has 0 radical (unpaired) electrons. The van der Waals surface area contributed by atoms with Gasteiger partial charge in [-0.2, -0.15) is 0 Å². The van der Waals surface area contributed by atoms with Crippen LogP contribution >= 0.6 is 11.6 Å². The standard InChI is InChI=1S/C17H20ClN5O/c1-13-10-15(11-20-16(13)18)21-17(24)23-8-6-22(7-9-23)12-14-2-4-19-5-3-14/h2-5,10-11H,6-9,12H2,1H3,(H,21,24). The number of nitrogens with one attached hydrogen (secondary N) is 1. The first-order valence-corrected chi connectivity index (χ1v) is 8.29. The van der Waals surface area contributed by atoms with E-state index in [2.05, 4.69) is 20.2 Å². The maximum atomic E-state index is 12.4. The predicted molar refractivity (Wildman–Crippen MR) is 94.1 cm³/mol. The minimum atomic E-state index is -0.0953. The van der Waals surface area contributed by atoms with E-state index < -0.39 is 0 Å². The van der Waals surface area contributed by atoms with Crippen molar-refractivity contribution in [3.05, 3.63) is 53.1 Å². The van der Waals surface area contributed by atoms with Crippen molar-refractivity contribution < 1.29 is 4.79 Å². The summed E-state index contributed by atoms with van der Waals surface area (Å²) in [6.07, 6.45) is 5.19. The minimum absolute atomic E-state index is 0.0953. The fraction of sp³-hybridized carbons (Fsp3) is 0.353. The van der Waals surface area contributed by atoms with Crippen LogP contribution in [0.2, 0.25) is 5.15 Å². The van der Waals surface area contributed by atoms with Gasteiger partial charge in [0.1, 0.15) is 5.15 Å². The zero-order chi connectivity index (χ0) is 16.9. The van der Waals surface area contributed by atoms with Crippen LogP contribution in [0.4, 0.5) is 10.5 Å². The van der Waals surface area contributed by atoms with Gasteiger partial charge < -0.3 is 10.2 Å². The van der Waals surface area contributed by atoms with Crippen molar-refractivity contribution in [2.24, 2.45) is 0 Å². The lowest BCUT2D eigenvalue weighted by molar-refractivity contribution is 0.143. The maximum absolute atomic E-state index is 12.4. The number of carbonyl (C=O) groups excluding carboxylic acids is 1. The summed E-state index contributed by atoms with van der Waals surface area (Å²) in [5, 5.41) is 3.34. The van der Waals surface area contributed by atoms with E-state index in [1.807, 2.05) is 30.0 Å². The number of nitrogens with zero attached hydrogens (tertiary/aromatic N) is 4.